The lowest BCUT2D eigenvalue weighted by Crippen LogP contribution is -2.48. The van der Waals surface area contributed by atoms with Crippen LogP contribution in [0.4, 0.5) is 10.5 Å². The van der Waals surface area contributed by atoms with E-state index in [9.17, 15) is 4.79 Å². The molecule has 19 heavy (non-hydrogen) atoms. The number of urea groups is 1. The van der Waals surface area contributed by atoms with Crippen LogP contribution in [0.3, 0.4) is 0 Å². The molecule has 0 radical (unpaired) electrons. The number of nitrogens with one attached hydrogen (secondary N) is 2. The largest absolute Gasteiger partial charge is 0.381 e. The fourth-order valence-corrected chi connectivity index (χ4v) is 2.13. The Balaban J connectivity index is 1.84. The quantitative estimate of drug-likeness (QED) is 0.777. The van der Waals surface area contributed by atoms with Gasteiger partial charge < -0.3 is 21.1 Å². The number of ether oxygens (including phenoxy) is 1. The lowest BCUT2D eigenvalue weighted by atomic mass is 9.89. The van der Waals surface area contributed by atoms with Crippen molar-refractivity contribution >= 4 is 11.7 Å². The molecule has 1 aliphatic carbocycles. The Bertz CT molecular complexity index is 442. The molecule has 1 fully saturated rings. The van der Waals surface area contributed by atoms with E-state index in [4.69, 9.17) is 10.5 Å². The zero-order valence-electron chi connectivity index (χ0n) is 11.3. The third-order valence-electron chi connectivity index (χ3n) is 3.43. The van der Waals surface area contributed by atoms with Gasteiger partial charge in [-0.2, -0.15) is 0 Å². The average molecular weight is 263 g/mol. The number of methoxy groups -OCH3 is 1. The molecule has 2 amide bonds. The second-order valence-electron chi connectivity index (χ2n) is 5.04. The van der Waals surface area contributed by atoms with E-state index in [2.05, 4.69) is 10.6 Å². The summed E-state index contributed by atoms with van der Waals surface area (Å²) in [4.78, 5) is 11.8. The van der Waals surface area contributed by atoms with E-state index in [1.54, 1.807) is 7.11 Å². The number of hydrogen-bond acceptors (Lipinski definition) is 3. The highest BCUT2D eigenvalue weighted by Crippen LogP contribution is 2.22. The van der Waals surface area contributed by atoms with Gasteiger partial charge in [0.05, 0.1) is 6.10 Å². The van der Waals surface area contributed by atoms with Gasteiger partial charge in [0, 0.05) is 24.9 Å². The molecule has 0 heterocycles. The Morgan fingerprint density at radius 3 is 2.84 bits per heavy atom. The molecule has 104 valence electrons. The highest BCUT2D eigenvalue weighted by Gasteiger charge is 2.30. The molecular weight excluding hydrogens is 242 g/mol. The molecular formula is C14H21N3O2. The first-order chi connectivity index (χ1) is 9.08. The van der Waals surface area contributed by atoms with Crippen LogP contribution in [0.1, 0.15) is 31.4 Å². The molecule has 1 unspecified atom stereocenters. The number of rotatable bonds is 4. The first kappa shape index (κ1) is 13.8. The van der Waals surface area contributed by atoms with Crippen LogP contribution in [0.2, 0.25) is 0 Å². The van der Waals surface area contributed by atoms with Gasteiger partial charge in [0.2, 0.25) is 0 Å². The van der Waals surface area contributed by atoms with Gasteiger partial charge in [-0.3, -0.25) is 0 Å². The van der Waals surface area contributed by atoms with Gasteiger partial charge in [-0.1, -0.05) is 12.1 Å². The summed E-state index contributed by atoms with van der Waals surface area (Å²) in [5.41, 5.74) is 7.57. The minimum Gasteiger partial charge on any atom is -0.381 e. The fourth-order valence-electron chi connectivity index (χ4n) is 2.13. The van der Waals surface area contributed by atoms with E-state index >= 15 is 0 Å². The number of hydrogen-bond donors (Lipinski definition) is 3. The molecule has 1 aromatic carbocycles. The number of benzene rings is 1. The molecule has 1 saturated carbocycles. The monoisotopic (exact) mass is 263 g/mol. The van der Waals surface area contributed by atoms with E-state index in [1.165, 1.54) is 0 Å². The SMILES string of the molecule is COC1CC(NC(=O)Nc2cccc(C(C)N)c2)C1. The summed E-state index contributed by atoms with van der Waals surface area (Å²) in [6.45, 7) is 1.92. The second kappa shape index (κ2) is 6.04. The predicted octanol–water partition coefficient (Wildman–Crippen LogP) is 2.01. The molecule has 2 rings (SSSR count). The maximum atomic E-state index is 11.8. The Hall–Kier alpha value is -1.59. The number of anilines is 1. The molecule has 5 heteroatoms. The van der Waals surface area contributed by atoms with E-state index in [1.807, 2.05) is 31.2 Å². The molecule has 5 nitrogen and oxygen atoms in total. The number of nitrogens with two attached hydrogens (primary N) is 1. The fraction of sp³-hybridized carbons (Fsp3) is 0.500. The van der Waals surface area contributed by atoms with Crippen molar-refractivity contribution in [2.24, 2.45) is 5.73 Å². The molecule has 0 saturated heterocycles. The van der Waals surface area contributed by atoms with E-state index in [-0.39, 0.29) is 24.2 Å². The summed E-state index contributed by atoms with van der Waals surface area (Å²) in [7, 11) is 1.69. The number of amides is 2. The first-order valence-corrected chi connectivity index (χ1v) is 6.54. The van der Waals surface area contributed by atoms with Gasteiger partial charge in [-0.25, -0.2) is 4.79 Å². The molecule has 0 aromatic heterocycles. The van der Waals surface area contributed by atoms with Crippen LogP contribution >= 0.6 is 0 Å². The second-order valence-corrected chi connectivity index (χ2v) is 5.04. The maximum Gasteiger partial charge on any atom is 0.319 e. The van der Waals surface area contributed by atoms with Gasteiger partial charge in [0.25, 0.3) is 0 Å². The molecule has 4 N–H and O–H groups in total. The van der Waals surface area contributed by atoms with Crippen LogP contribution in [0, 0.1) is 0 Å². The van der Waals surface area contributed by atoms with E-state index in [0.717, 1.165) is 24.1 Å². The minimum atomic E-state index is -0.179. The molecule has 1 aromatic rings. The van der Waals surface area contributed by atoms with Crippen molar-refractivity contribution in [3.8, 4) is 0 Å². The van der Waals surface area contributed by atoms with Crippen molar-refractivity contribution in [3.63, 3.8) is 0 Å². The number of carbonyl (C=O) groups is 1. The Labute approximate surface area is 113 Å². The summed E-state index contributed by atoms with van der Waals surface area (Å²) in [6.07, 6.45) is 2.04. The normalized spacial score (nSPS) is 23.3. The van der Waals surface area contributed by atoms with Crippen LogP contribution in [0.15, 0.2) is 24.3 Å². The van der Waals surface area contributed by atoms with Crippen molar-refractivity contribution in [2.75, 3.05) is 12.4 Å². The van der Waals surface area contributed by atoms with E-state index in [0.29, 0.717) is 0 Å². The van der Waals surface area contributed by atoms with Gasteiger partial charge in [0.15, 0.2) is 0 Å². The van der Waals surface area contributed by atoms with Gasteiger partial charge in [-0.05, 0) is 37.5 Å². The third kappa shape index (κ3) is 3.68. The molecule has 0 spiro atoms. The molecule has 0 bridgehead atoms. The highest BCUT2D eigenvalue weighted by atomic mass is 16.5. The Kier molecular flexibility index (Phi) is 4.39. The summed E-state index contributed by atoms with van der Waals surface area (Å²) in [5, 5.41) is 5.74. The summed E-state index contributed by atoms with van der Waals surface area (Å²) >= 11 is 0. The molecule has 0 aliphatic heterocycles. The summed E-state index contributed by atoms with van der Waals surface area (Å²) < 4.78 is 5.17. The maximum absolute atomic E-state index is 11.8. The predicted molar refractivity (Wildman–Crippen MR) is 75.0 cm³/mol. The molecule has 1 atom stereocenters. The topological polar surface area (TPSA) is 76.4 Å². The number of carbonyl (C=O) groups excluding carboxylic acids is 1. The smallest absolute Gasteiger partial charge is 0.319 e. The van der Waals surface area contributed by atoms with Gasteiger partial charge in [-0.15, -0.1) is 0 Å². The third-order valence-corrected chi connectivity index (χ3v) is 3.43. The van der Waals surface area contributed by atoms with Crippen molar-refractivity contribution in [2.45, 2.75) is 38.0 Å². The summed E-state index contributed by atoms with van der Waals surface area (Å²) in [5.74, 6) is 0. The molecule has 1 aliphatic rings. The van der Waals surface area contributed by atoms with Crippen LogP contribution in [-0.4, -0.2) is 25.3 Å². The Morgan fingerprint density at radius 1 is 1.47 bits per heavy atom. The Morgan fingerprint density at radius 2 is 2.21 bits per heavy atom. The standard InChI is InChI=1S/C14H21N3O2/c1-9(15)10-4-3-5-11(6-10)16-14(18)17-12-7-13(8-12)19-2/h3-6,9,12-13H,7-8,15H2,1-2H3,(H2,16,17,18). The van der Waals surface area contributed by atoms with Crippen molar-refractivity contribution in [3.05, 3.63) is 29.8 Å². The zero-order valence-corrected chi connectivity index (χ0v) is 11.3. The lowest BCUT2D eigenvalue weighted by molar-refractivity contribution is 0.0210. The first-order valence-electron chi connectivity index (χ1n) is 6.54. The average Bonchev–Trinajstić information content (AvgIpc) is 2.33. The minimum absolute atomic E-state index is 0.0427. The van der Waals surface area contributed by atoms with Crippen molar-refractivity contribution in [1.29, 1.82) is 0 Å². The van der Waals surface area contributed by atoms with Gasteiger partial charge >= 0.3 is 6.03 Å². The lowest BCUT2D eigenvalue weighted by Gasteiger charge is -2.34. The van der Waals surface area contributed by atoms with Crippen LogP contribution < -0.4 is 16.4 Å². The van der Waals surface area contributed by atoms with Crippen molar-refractivity contribution in [1.82, 2.24) is 5.32 Å². The van der Waals surface area contributed by atoms with E-state index < -0.39 is 0 Å². The van der Waals surface area contributed by atoms with Crippen LogP contribution in [0.5, 0.6) is 0 Å². The van der Waals surface area contributed by atoms with Crippen LogP contribution in [-0.2, 0) is 4.74 Å². The zero-order chi connectivity index (χ0) is 13.8. The van der Waals surface area contributed by atoms with Crippen LogP contribution in [0.25, 0.3) is 0 Å². The van der Waals surface area contributed by atoms with Gasteiger partial charge in [0.1, 0.15) is 0 Å². The highest BCUT2D eigenvalue weighted by molar-refractivity contribution is 5.89. The summed E-state index contributed by atoms with van der Waals surface area (Å²) in [6, 6.07) is 7.57. The van der Waals surface area contributed by atoms with Crippen molar-refractivity contribution < 1.29 is 9.53 Å².